The van der Waals surface area contributed by atoms with Crippen LogP contribution in [0.3, 0.4) is 0 Å². The summed E-state index contributed by atoms with van der Waals surface area (Å²) in [4.78, 5) is 27.1. The summed E-state index contributed by atoms with van der Waals surface area (Å²) in [5.74, 6) is -0.0873. The number of carbonyl (C=O) groups is 2. The third-order valence-electron chi connectivity index (χ3n) is 3.73. The molecule has 0 bridgehead atoms. The first-order valence-corrected chi connectivity index (χ1v) is 9.24. The van der Waals surface area contributed by atoms with Crippen LogP contribution in [0, 0.1) is 0 Å². The third-order valence-corrected chi connectivity index (χ3v) is 3.73. The van der Waals surface area contributed by atoms with E-state index < -0.39 is 5.91 Å². The molecular weight excluding hydrogens is 457 g/mol. The summed E-state index contributed by atoms with van der Waals surface area (Å²) in [5, 5.41) is 9.03. The fourth-order valence-corrected chi connectivity index (χ4v) is 2.30. The number of unbranched alkanes of at least 4 members (excludes halogenated alkanes) is 3. The lowest BCUT2D eigenvalue weighted by atomic mass is 10.1. The number of primary amides is 1. The zero-order valence-corrected chi connectivity index (χ0v) is 18.5. The molecule has 0 spiro atoms. The van der Waals surface area contributed by atoms with Crippen LogP contribution >= 0.6 is 24.0 Å². The van der Waals surface area contributed by atoms with Gasteiger partial charge in [0.2, 0.25) is 5.91 Å². The smallest absolute Gasteiger partial charge is 0.251 e. The number of nitrogens with one attached hydrogen (secondary N) is 3. The Balaban J connectivity index is 0.00000676. The highest BCUT2D eigenvalue weighted by atomic mass is 127. The molecule has 0 heterocycles. The number of rotatable bonds is 11. The molecule has 2 amide bonds. The molecule has 0 unspecified atom stereocenters. The van der Waals surface area contributed by atoms with Crippen LogP contribution in [-0.4, -0.2) is 37.4 Å². The van der Waals surface area contributed by atoms with E-state index in [1.807, 2.05) is 19.1 Å². The van der Waals surface area contributed by atoms with Crippen LogP contribution in [0.2, 0.25) is 0 Å². The Labute approximate surface area is 179 Å². The summed E-state index contributed by atoms with van der Waals surface area (Å²) in [5.41, 5.74) is 6.50. The van der Waals surface area contributed by atoms with Crippen molar-refractivity contribution in [1.29, 1.82) is 0 Å². The number of aliphatic imine (C=N–C) groups is 1. The molecule has 1 rings (SSSR count). The van der Waals surface area contributed by atoms with E-state index in [9.17, 15) is 9.59 Å². The average molecular weight is 489 g/mol. The number of halogens is 1. The van der Waals surface area contributed by atoms with Gasteiger partial charge < -0.3 is 21.7 Å². The molecule has 5 N–H and O–H groups in total. The maximum Gasteiger partial charge on any atom is 0.251 e. The molecule has 1 aromatic rings. The number of nitrogens with zero attached hydrogens (tertiary/aromatic N) is 1. The van der Waals surface area contributed by atoms with Gasteiger partial charge in [-0.1, -0.05) is 38.3 Å². The van der Waals surface area contributed by atoms with Gasteiger partial charge in [-0.2, -0.15) is 0 Å². The van der Waals surface area contributed by atoms with Crippen LogP contribution < -0.4 is 21.7 Å². The van der Waals surface area contributed by atoms with Crippen LogP contribution in [0.5, 0.6) is 0 Å². The largest absolute Gasteiger partial charge is 0.368 e. The van der Waals surface area contributed by atoms with Crippen molar-refractivity contribution >= 4 is 41.8 Å². The molecule has 0 saturated heterocycles. The summed E-state index contributed by atoms with van der Waals surface area (Å²) in [7, 11) is 0. The second kappa shape index (κ2) is 15.2. The highest BCUT2D eigenvalue weighted by molar-refractivity contribution is 14.0. The molecule has 1 aromatic carbocycles. The lowest BCUT2D eigenvalue weighted by molar-refractivity contribution is -0.117. The molecule has 152 valence electrons. The first kappa shape index (κ1) is 25.2. The monoisotopic (exact) mass is 489 g/mol. The summed E-state index contributed by atoms with van der Waals surface area (Å²) in [6, 6.07) is 7.14. The van der Waals surface area contributed by atoms with Gasteiger partial charge in [-0.15, -0.1) is 24.0 Å². The van der Waals surface area contributed by atoms with Crippen LogP contribution in [0.1, 0.15) is 55.5 Å². The Kier molecular flexibility index (Phi) is 14.2. The van der Waals surface area contributed by atoms with Crippen molar-refractivity contribution in [3.63, 3.8) is 0 Å². The van der Waals surface area contributed by atoms with Crippen molar-refractivity contribution < 1.29 is 9.59 Å². The van der Waals surface area contributed by atoms with E-state index in [2.05, 4.69) is 27.9 Å². The zero-order valence-electron chi connectivity index (χ0n) is 16.2. The molecule has 0 aromatic heterocycles. The van der Waals surface area contributed by atoms with Gasteiger partial charge in [0.1, 0.15) is 0 Å². The number of nitrogens with two attached hydrogens (primary N) is 1. The van der Waals surface area contributed by atoms with Crippen molar-refractivity contribution in [1.82, 2.24) is 16.0 Å². The Morgan fingerprint density at radius 3 is 2.30 bits per heavy atom. The number of carbonyl (C=O) groups excluding carboxylic acids is 2. The predicted octanol–water partition coefficient (Wildman–Crippen LogP) is 2.16. The van der Waals surface area contributed by atoms with E-state index >= 15 is 0 Å². The second-order valence-electron chi connectivity index (χ2n) is 6.03. The van der Waals surface area contributed by atoms with Crippen molar-refractivity contribution in [2.45, 2.75) is 46.1 Å². The molecular formula is C19H32IN5O2. The van der Waals surface area contributed by atoms with E-state index in [0.717, 1.165) is 31.0 Å². The Morgan fingerprint density at radius 1 is 1.00 bits per heavy atom. The van der Waals surface area contributed by atoms with Gasteiger partial charge in [-0.05, 0) is 31.0 Å². The first-order chi connectivity index (χ1) is 12.6. The Bertz CT molecular complexity index is 590. The minimum absolute atomic E-state index is 0. The summed E-state index contributed by atoms with van der Waals surface area (Å²) in [6.07, 6.45) is 4.84. The van der Waals surface area contributed by atoms with Gasteiger partial charge in [-0.25, -0.2) is 4.99 Å². The summed E-state index contributed by atoms with van der Waals surface area (Å²) >= 11 is 0. The van der Waals surface area contributed by atoms with Crippen LogP contribution in [-0.2, 0) is 11.3 Å². The molecule has 0 aliphatic carbocycles. The van der Waals surface area contributed by atoms with Crippen molar-refractivity contribution in [2.24, 2.45) is 10.7 Å². The Morgan fingerprint density at radius 2 is 1.70 bits per heavy atom. The fraction of sp³-hybridized carbons (Fsp3) is 0.526. The van der Waals surface area contributed by atoms with Crippen molar-refractivity contribution in [3.05, 3.63) is 35.4 Å². The number of amides is 2. The van der Waals surface area contributed by atoms with Crippen LogP contribution in [0.25, 0.3) is 0 Å². The summed E-state index contributed by atoms with van der Waals surface area (Å²) < 4.78 is 0. The van der Waals surface area contributed by atoms with Gasteiger partial charge in [0, 0.05) is 18.7 Å². The SMILES string of the molecule is CCCCCCNC(=NCc1ccc(C(=O)NCC(N)=O)cc1)NCC.I. The van der Waals surface area contributed by atoms with Crippen LogP contribution in [0.4, 0.5) is 0 Å². The standard InChI is InChI=1S/C19H31N5O2.HI/c1-3-5-6-7-12-22-19(21-4-2)24-13-15-8-10-16(11-9-15)18(26)23-14-17(20)25;/h8-11H,3-7,12-14H2,1-2H3,(H2,20,25)(H,23,26)(H2,21,22,24);1H. The van der Waals surface area contributed by atoms with Gasteiger partial charge >= 0.3 is 0 Å². The normalized spacial score (nSPS) is 10.7. The molecule has 8 heteroatoms. The molecule has 0 atom stereocenters. The fourth-order valence-electron chi connectivity index (χ4n) is 2.30. The number of guanidine groups is 1. The van der Waals surface area contributed by atoms with Gasteiger partial charge in [0.15, 0.2) is 5.96 Å². The van der Waals surface area contributed by atoms with E-state index in [-0.39, 0.29) is 36.4 Å². The van der Waals surface area contributed by atoms with Gasteiger partial charge in [0.25, 0.3) is 5.91 Å². The molecule has 0 aliphatic rings. The topological polar surface area (TPSA) is 109 Å². The van der Waals surface area contributed by atoms with E-state index in [0.29, 0.717) is 12.1 Å². The highest BCUT2D eigenvalue weighted by Gasteiger charge is 2.06. The van der Waals surface area contributed by atoms with Crippen LogP contribution in [0.15, 0.2) is 29.3 Å². The van der Waals surface area contributed by atoms with E-state index in [4.69, 9.17) is 5.73 Å². The molecule has 27 heavy (non-hydrogen) atoms. The highest BCUT2D eigenvalue weighted by Crippen LogP contribution is 2.06. The lowest BCUT2D eigenvalue weighted by Crippen LogP contribution is -2.37. The molecule has 0 saturated carbocycles. The number of hydrogen-bond acceptors (Lipinski definition) is 3. The maximum absolute atomic E-state index is 11.8. The second-order valence-corrected chi connectivity index (χ2v) is 6.03. The van der Waals surface area contributed by atoms with Crippen molar-refractivity contribution in [3.8, 4) is 0 Å². The van der Waals surface area contributed by atoms with Gasteiger partial charge in [0.05, 0.1) is 13.1 Å². The predicted molar refractivity (Wildman–Crippen MR) is 120 cm³/mol. The third kappa shape index (κ3) is 11.5. The minimum Gasteiger partial charge on any atom is -0.368 e. The molecule has 0 radical (unpaired) electrons. The summed E-state index contributed by atoms with van der Waals surface area (Å²) in [6.45, 7) is 6.30. The Hall–Kier alpha value is -1.84. The first-order valence-electron chi connectivity index (χ1n) is 9.24. The molecule has 7 nitrogen and oxygen atoms in total. The zero-order chi connectivity index (χ0) is 19.2. The molecule has 0 fully saturated rings. The average Bonchev–Trinajstić information content (AvgIpc) is 2.64. The number of benzene rings is 1. The maximum atomic E-state index is 11.8. The lowest BCUT2D eigenvalue weighted by Gasteiger charge is -2.11. The molecule has 0 aliphatic heterocycles. The van der Waals surface area contributed by atoms with Gasteiger partial charge in [-0.3, -0.25) is 9.59 Å². The van der Waals surface area contributed by atoms with Crippen molar-refractivity contribution in [2.75, 3.05) is 19.6 Å². The number of hydrogen-bond donors (Lipinski definition) is 4. The van der Waals surface area contributed by atoms with E-state index in [1.165, 1.54) is 19.3 Å². The minimum atomic E-state index is -0.567. The quantitative estimate of drug-likeness (QED) is 0.165. The van der Waals surface area contributed by atoms with E-state index in [1.54, 1.807) is 12.1 Å².